The van der Waals surface area contributed by atoms with Crippen LogP contribution in [0, 0.1) is 11.3 Å². The van der Waals surface area contributed by atoms with Gasteiger partial charge >= 0.3 is 0 Å². The minimum Gasteiger partial charge on any atom is -0.344 e. The summed E-state index contributed by atoms with van der Waals surface area (Å²) in [4.78, 5) is 29.0. The first-order valence-electron chi connectivity index (χ1n) is 13.9. The third kappa shape index (κ3) is 6.85. The Balaban J connectivity index is 1.43. The molecule has 1 saturated heterocycles. The second-order valence-electron chi connectivity index (χ2n) is 10.4. The average molecular weight is 581 g/mol. The van der Waals surface area contributed by atoms with Crippen molar-refractivity contribution in [2.24, 2.45) is 0 Å². The fraction of sp³-hybridized carbons (Fsp3) is 0.242. The zero-order chi connectivity index (χ0) is 29.5. The van der Waals surface area contributed by atoms with Gasteiger partial charge in [0.05, 0.1) is 29.8 Å². The molecule has 1 aliphatic rings. The summed E-state index contributed by atoms with van der Waals surface area (Å²) in [6.45, 7) is 1.29. The number of hydrogen-bond acceptors (Lipinski definition) is 4. The molecule has 0 aliphatic carbocycles. The Hall–Kier alpha value is -4.52. The highest BCUT2D eigenvalue weighted by molar-refractivity contribution is 7.80. The second kappa shape index (κ2) is 13.4. The molecule has 1 fully saturated rings. The molecule has 0 bridgehead atoms. The molecular formula is C33H32N4O4S. The minimum atomic E-state index is -2.45. The van der Waals surface area contributed by atoms with Gasteiger partial charge in [-0.2, -0.15) is 5.26 Å². The van der Waals surface area contributed by atoms with E-state index in [9.17, 15) is 18.4 Å². The van der Waals surface area contributed by atoms with Crippen LogP contribution in [0.2, 0.25) is 0 Å². The van der Waals surface area contributed by atoms with Crippen molar-refractivity contribution >= 4 is 39.5 Å². The van der Waals surface area contributed by atoms with Crippen molar-refractivity contribution in [3.8, 4) is 6.07 Å². The fourth-order valence-corrected chi connectivity index (χ4v) is 6.15. The van der Waals surface area contributed by atoms with Crippen LogP contribution in [0.25, 0.3) is 10.8 Å². The van der Waals surface area contributed by atoms with Crippen LogP contribution in [0.1, 0.15) is 42.0 Å². The van der Waals surface area contributed by atoms with E-state index in [1.807, 2.05) is 66.7 Å². The van der Waals surface area contributed by atoms with Crippen molar-refractivity contribution in [2.45, 2.75) is 37.8 Å². The van der Waals surface area contributed by atoms with Crippen molar-refractivity contribution < 1.29 is 18.4 Å². The summed E-state index contributed by atoms with van der Waals surface area (Å²) < 4.78 is 24.7. The van der Waals surface area contributed by atoms with E-state index in [2.05, 4.69) is 11.4 Å². The monoisotopic (exact) mass is 580 g/mol. The molecule has 0 spiro atoms. The van der Waals surface area contributed by atoms with Gasteiger partial charge in [0.2, 0.25) is 11.8 Å². The lowest BCUT2D eigenvalue weighted by Crippen LogP contribution is -2.49. The number of nitrogens with zero attached hydrogens (tertiary/aromatic N) is 3. The molecule has 0 radical (unpaired) electrons. The van der Waals surface area contributed by atoms with Crippen molar-refractivity contribution in [1.82, 2.24) is 10.2 Å². The van der Waals surface area contributed by atoms with Crippen molar-refractivity contribution in [2.75, 3.05) is 17.4 Å². The van der Waals surface area contributed by atoms with E-state index < -0.39 is 29.3 Å². The van der Waals surface area contributed by atoms with Gasteiger partial charge in [-0.05, 0) is 59.0 Å². The second-order valence-corrected chi connectivity index (χ2v) is 11.2. The molecular weight excluding hydrogens is 548 g/mol. The molecule has 2 N–H and O–H groups in total. The number of hydrogen-bond donors (Lipinski definition) is 2. The van der Waals surface area contributed by atoms with E-state index in [1.165, 1.54) is 4.31 Å². The van der Waals surface area contributed by atoms with Gasteiger partial charge in [0.15, 0.2) is 0 Å². The van der Waals surface area contributed by atoms with E-state index in [0.717, 1.165) is 29.2 Å². The number of likely N-dealkylation sites (tertiary alicyclic amines) is 1. The Morgan fingerprint density at radius 3 is 2.26 bits per heavy atom. The van der Waals surface area contributed by atoms with Gasteiger partial charge in [0.25, 0.3) is 11.3 Å². The van der Waals surface area contributed by atoms with E-state index in [4.69, 9.17) is 5.26 Å². The SMILES string of the molecule is N#Cc1ccc(CC(NC(=O)CC(c2ccccc2)N(c2ccc3ccccc3c2)S(=O)O)C(=O)N2CCCC2)cc1. The summed E-state index contributed by atoms with van der Waals surface area (Å²) >= 11 is -2.45. The van der Waals surface area contributed by atoms with Crippen LogP contribution in [-0.2, 0) is 27.3 Å². The predicted molar refractivity (Wildman–Crippen MR) is 164 cm³/mol. The molecule has 8 nitrogen and oxygen atoms in total. The maximum Gasteiger partial charge on any atom is 0.262 e. The van der Waals surface area contributed by atoms with Gasteiger partial charge in [0.1, 0.15) is 6.04 Å². The summed E-state index contributed by atoms with van der Waals surface area (Å²) in [6.07, 6.45) is 1.95. The molecule has 4 aromatic rings. The Morgan fingerprint density at radius 1 is 0.929 bits per heavy atom. The summed E-state index contributed by atoms with van der Waals surface area (Å²) in [7, 11) is 0. The molecule has 4 aromatic carbocycles. The van der Waals surface area contributed by atoms with E-state index in [0.29, 0.717) is 29.9 Å². The molecule has 3 unspecified atom stereocenters. The Labute approximate surface area is 248 Å². The van der Waals surface area contributed by atoms with Crippen LogP contribution < -0.4 is 9.62 Å². The van der Waals surface area contributed by atoms with Crippen molar-refractivity contribution in [3.05, 3.63) is 114 Å². The highest BCUT2D eigenvalue weighted by Gasteiger charge is 2.32. The summed E-state index contributed by atoms with van der Waals surface area (Å²) in [5, 5.41) is 14.0. The number of anilines is 1. The molecule has 5 rings (SSSR count). The largest absolute Gasteiger partial charge is 0.344 e. The van der Waals surface area contributed by atoms with Crippen LogP contribution in [0.15, 0.2) is 97.1 Å². The number of carbonyl (C=O) groups excluding carboxylic acids is 2. The van der Waals surface area contributed by atoms with E-state index >= 15 is 0 Å². The molecule has 42 heavy (non-hydrogen) atoms. The predicted octanol–water partition coefficient (Wildman–Crippen LogP) is 5.14. The first kappa shape index (κ1) is 29.0. The zero-order valence-corrected chi connectivity index (χ0v) is 23.9. The van der Waals surface area contributed by atoms with Gasteiger partial charge in [-0.25, -0.2) is 4.21 Å². The number of rotatable bonds is 10. The lowest BCUT2D eigenvalue weighted by atomic mass is 10.0. The Bertz CT molecular complexity index is 1610. The van der Waals surface area contributed by atoms with Gasteiger partial charge < -0.3 is 10.2 Å². The van der Waals surface area contributed by atoms with Crippen LogP contribution in [0.5, 0.6) is 0 Å². The first-order valence-corrected chi connectivity index (χ1v) is 15.0. The third-order valence-corrected chi connectivity index (χ3v) is 8.38. The minimum absolute atomic E-state index is 0.152. The number of carbonyl (C=O) groups is 2. The van der Waals surface area contributed by atoms with E-state index in [-0.39, 0.29) is 18.7 Å². The topological polar surface area (TPSA) is 114 Å². The smallest absolute Gasteiger partial charge is 0.262 e. The van der Waals surface area contributed by atoms with Crippen LogP contribution in [-0.4, -0.2) is 44.6 Å². The quantitative estimate of drug-likeness (QED) is 0.252. The van der Waals surface area contributed by atoms with Gasteiger partial charge in [0, 0.05) is 19.5 Å². The van der Waals surface area contributed by atoms with E-state index in [1.54, 1.807) is 35.2 Å². The number of benzene rings is 4. The average Bonchev–Trinajstić information content (AvgIpc) is 3.56. The summed E-state index contributed by atoms with van der Waals surface area (Å²) in [5.41, 5.74) is 2.53. The van der Waals surface area contributed by atoms with Gasteiger partial charge in [-0.15, -0.1) is 0 Å². The molecule has 0 aromatic heterocycles. The van der Waals surface area contributed by atoms with Crippen molar-refractivity contribution in [3.63, 3.8) is 0 Å². The molecule has 2 amide bonds. The number of amides is 2. The molecule has 3 atom stereocenters. The fourth-order valence-electron chi connectivity index (χ4n) is 5.44. The summed E-state index contributed by atoms with van der Waals surface area (Å²) in [6, 6.07) is 29.8. The molecule has 0 saturated carbocycles. The highest BCUT2D eigenvalue weighted by Crippen LogP contribution is 2.33. The number of fused-ring (bicyclic) bond motifs is 1. The normalized spacial score (nSPS) is 15.0. The third-order valence-electron chi connectivity index (χ3n) is 7.58. The van der Waals surface area contributed by atoms with Gasteiger partial charge in [-0.3, -0.25) is 18.4 Å². The highest BCUT2D eigenvalue weighted by atomic mass is 32.2. The molecule has 1 aliphatic heterocycles. The standard InChI is InChI=1S/C33H32N4O4S/c34-23-25-14-12-24(13-15-25)20-30(33(39)36-18-6-7-19-36)35-32(38)22-31(27-9-2-1-3-10-27)37(42(40)41)29-17-16-26-8-4-5-11-28(26)21-29/h1-5,8-17,21,30-31H,6-7,18-20,22H2,(H,35,38)(H,40,41). The van der Waals surface area contributed by atoms with Crippen LogP contribution in [0.3, 0.4) is 0 Å². The van der Waals surface area contributed by atoms with Gasteiger partial charge in [-0.1, -0.05) is 72.8 Å². The summed E-state index contributed by atoms with van der Waals surface area (Å²) in [5.74, 6) is -0.565. The number of nitrogens with one attached hydrogen (secondary N) is 1. The lowest BCUT2D eigenvalue weighted by molar-refractivity contribution is -0.135. The molecule has 9 heteroatoms. The number of nitriles is 1. The Morgan fingerprint density at radius 2 is 1.60 bits per heavy atom. The maximum absolute atomic E-state index is 13.7. The zero-order valence-electron chi connectivity index (χ0n) is 23.1. The lowest BCUT2D eigenvalue weighted by Gasteiger charge is -2.31. The first-order chi connectivity index (χ1) is 20.4. The molecule has 214 valence electrons. The Kier molecular flexibility index (Phi) is 9.27. The van der Waals surface area contributed by atoms with Crippen LogP contribution >= 0.6 is 0 Å². The van der Waals surface area contributed by atoms with Crippen molar-refractivity contribution in [1.29, 1.82) is 5.26 Å². The maximum atomic E-state index is 13.7. The molecule has 1 heterocycles. The van der Waals surface area contributed by atoms with Crippen LogP contribution in [0.4, 0.5) is 5.69 Å².